The topological polar surface area (TPSA) is 42.4 Å². The van der Waals surface area contributed by atoms with Gasteiger partial charge in [-0.2, -0.15) is 0 Å². The molecule has 0 saturated carbocycles. The normalized spacial score (nSPS) is 26.4. The minimum absolute atomic E-state index is 0.0345. The first-order valence-corrected chi connectivity index (χ1v) is 6.58. The highest BCUT2D eigenvalue weighted by atomic mass is 35.5. The molecule has 0 aliphatic carbocycles. The first-order valence-electron chi connectivity index (χ1n) is 6.20. The molecule has 3 heterocycles. The molecule has 2 bridgehead atoms. The van der Waals surface area contributed by atoms with Crippen LogP contribution in [0, 0.1) is 6.92 Å². The molecule has 4 nitrogen and oxygen atoms in total. The fourth-order valence-electron chi connectivity index (χ4n) is 2.63. The van der Waals surface area contributed by atoms with Crippen LogP contribution in [0.15, 0.2) is 12.3 Å². The standard InChI is InChI=1S/C13H15ClN2O2/c1-8-4-12(14)11(5-15-8)13(17)16-6-9-2-3-10(7-16)18-9/h4-5,9-10H,2-3,6-7H2,1H3. The molecule has 1 aromatic rings. The van der Waals surface area contributed by atoms with Crippen LogP contribution in [0.3, 0.4) is 0 Å². The maximum atomic E-state index is 12.4. The number of hydrogen-bond acceptors (Lipinski definition) is 3. The van der Waals surface area contributed by atoms with Gasteiger partial charge in [-0.25, -0.2) is 0 Å². The number of likely N-dealkylation sites (tertiary alicyclic amines) is 1. The summed E-state index contributed by atoms with van der Waals surface area (Å²) in [4.78, 5) is 18.4. The SMILES string of the molecule is Cc1cc(Cl)c(C(=O)N2CC3CCC(C2)O3)cn1. The molecule has 2 fully saturated rings. The Balaban J connectivity index is 1.82. The van der Waals surface area contributed by atoms with Gasteiger partial charge in [0.1, 0.15) is 0 Å². The van der Waals surface area contributed by atoms with Gasteiger partial charge in [0.2, 0.25) is 0 Å². The van der Waals surface area contributed by atoms with Crippen molar-refractivity contribution < 1.29 is 9.53 Å². The van der Waals surface area contributed by atoms with Crippen LogP contribution in [0.4, 0.5) is 0 Å². The number of aromatic nitrogens is 1. The van der Waals surface area contributed by atoms with E-state index in [0.717, 1.165) is 18.5 Å². The highest BCUT2D eigenvalue weighted by Gasteiger charge is 2.36. The number of rotatable bonds is 1. The number of pyridine rings is 1. The molecule has 2 aliphatic heterocycles. The van der Waals surface area contributed by atoms with Gasteiger partial charge in [0.25, 0.3) is 5.91 Å². The summed E-state index contributed by atoms with van der Waals surface area (Å²) in [5.41, 5.74) is 1.31. The Morgan fingerprint density at radius 3 is 2.72 bits per heavy atom. The molecule has 3 rings (SSSR count). The van der Waals surface area contributed by atoms with Crippen molar-refractivity contribution >= 4 is 17.5 Å². The van der Waals surface area contributed by atoms with Gasteiger partial charge < -0.3 is 9.64 Å². The number of hydrogen-bond donors (Lipinski definition) is 0. The molecule has 2 saturated heterocycles. The molecular formula is C13H15ClN2O2. The molecular weight excluding hydrogens is 252 g/mol. The van der Waals surface area contributed by atoms with Gasteiger partial charge in [-0.15, -0.1) is 0 Å². The fourth-order valence-corrected chi connectivity index (χ4v) is 2.92. The molecule has 0 N–H and O–H groups in total. The van der Waals surface area contributed by atoms with Crippen LogP contribution in [-0.2, 0) is 4.74 Å². The van der Waals surface area contributed by atoms with Gasteiger partial charge in [0.05, 0.1) is 22.8 Å². The van der Waals surface area contributed by atoms with E-state index in [1.807, 2.05) is 11.8 Å². The van der Waals surface area contributed by atoms with Crippen LogP contribution in [0.5, 0.6) is 0 Å². The van der Waals surface area contributed by atoms with Crippen LogP contribution in [0.25, 0.3) is 0 Å². The fraction of sp³-hybridized carbons (Fsp3) is 0.538. The molecule has 1 aromatic heterocycles. The van der Waals surface area contributed by atoms with Crippen molar-refractivity contribution in [2.75, 3.05) is 13.1 Å². The van der Waals surface area contributed by atoms with E-state index in [1.165, 1.54) is 0 Å². The Hall–Kier alpha value is -1.13. The largest absolute Gasteiger partial charge is 0.371 e. The second kappa shape index (κ2) is 4.52. The van der Waals surface area contributed by atoms with Gasteiger partial charge >= 0.3 is 0 Å². The molecule has 2 aliphatic rings. The summed E-state index contributed by atoms with van der Waals surface area (Å²) in [5, 5.41) is 0.478. The van der Waals surface area contributed by atoms with Crippen LogP contribution in [0.2, 0.25) is 5.02 Å². The predicted molar refractivity (Wildman–Crippen MR) is 67.8 cm³/mol. The van der Waals surface area contributed by atoms with Crippen molar-refractivity contribution in [1.82, 2.24) is 9.88 Å². The third-order valence-corrected chi connectivity index (χ3v) is 3.86. The molecule has 0 spiro atoms. The number of nitrogens with zero attached hydrogens (tertiary/aromatic N) is 2. The minimum Gasteiger partial charge on any atom is -0.371 e. The van der Waals surface area contributed by atoms with Crippen molar-refractivity contribution in [1.29, 1.82) is 0 Å². The zero-order chi connectivity index (χ0) is 12.7. The van der Waals surface area contributed by atoms with E-state index in [1.54, 1.807) is 12.3 Å². The lowest BCUT2D eigenvalue weighted by Gasteiger charge is -2.32. The average molecular weight is 267 g/mol. The Labute approximate surface area is 111 Å². The molecule has 18 heavy (non-hydrogen) atoms. The molecule has 0 aromatic carbocycles. The Morgan fingerprint density at radius 2 is 2.11 bits per heavy atom. The number of halogens is 1. The first kappa shape index (κ1) is 11.9. The van der Waals surface area contributed by atoms with Gasteiger partial charge in [0.15, 0.2) is 0 Å². The lowest BCUT2D eigenvalue weighted by Crippen LogP contribution is -2.45. The molecule has 1 amide bonds. The summed E-state index contributed by atoms with van der Waals surface area (Å²) < 4.78 is 5.72. The first-order chi connectivity index (χ1) is 8.63. The lowest BCUT2D eigenvalue weighted by molar-refractivity contribution is -0.0303. The summed E-state index contributed by atoms with van der Waals surface area (Å²) >= 11 is 6.11. The summed E-state index contributed by atoms with van der Waals surface area (Å²) in [6.07, 6.45) is 4.06. The third kappa shape index (κ3) is 2.10. The van der Waals surface area contributed by atoms with Crippen molar-refractivity contribution in [3.63, 3.8) is 0 Å². The second-order valence-electron chi connectivity index (χ2n) is 4.97. The van der Waals surface area contributed by atoms with E-state index < -0.39 is 0 Å². The highest BCUT2D eigenvalue weighted by molar-refractivity contribution is 6.33. The smallest absolute Gasteiger partial charge is 0.257 e. The maximum absolute atomic E-state index is 12.4. The molecule has 2 atom stereocenters. The molecule has 2 unspecified atom stereocenters. The molecule has 5 heteroatoms. The maximum Gasteiger partial charge on any atom is 0.257 e. The van der Waals surface area contributed by atoms with E-state index in [0.29, 0.717) is 23.7 Å². The van der Waals surface area contributed by atoms with Crippen molar-refractivity contribution in [3.8, 4) is 0 Å². The number of carbonyl (C=O) groups excluding carboxylic acids is 1. The molecule has 0 radical (unpaired) electrons. The summed E-state index contributed by atoms with van der Waals surface area (Å²) in [7, 11) is 0. The highest BCUT2D eigenvalue weighted by Crippen LogP contribution is 2.28. The zero-order valence-electron chi connectivity index (χ0n) is 10.2. The van der Waals surface area contributed by atoms with Crippen molar-refractivity contribution in [2.45, 2.75) is 32.0 Å². The van der Waals surface area contributed by atoms with Crippen molar-refractivity contribution in [2.24, 2.45) is 0 Å². The summed E-state index contributed by atoms with van der Waals surface area (Å²) in [6, 6.07) is 1.73. The summed E-state index contributed by atoms with van der Waals surface area (Å²) in [5.74, 6) is -0.0345. The second-order valence-corrected chi connectivity index (χ2v) is 5.38. The van der Waals surface area contributed by atoms with E-state index in [-0.39, 0.29) is 18.1 Å². The monoisotopic (exact) mass is 266 g/mol. The number of fused-ring (bicyclic) bond motifs is 2. The quantitative estimate of drug-likeness (QED) is 0.781. The van der Waals surface area contributed by atoms with E-state index >= 15 is 0 Å². The Morgan fingerprint density at radius 1 is 1.44 bits per heavy atom. The number of morpholine rings is 1. The molecule has 96 valence electrons. The van der Waals surface area contributed by atoms with Crippen LogP contribution >= 0.6 is 11.6 Å². The van der Waals surface area contributed by atoms with Gasteiger partial charge in [-0.3, -0.25) is 9.78 Å². The van der Waals surface area contributed by atoms with Crippen LogP contribution < -0.4 is 0 Å². The zero-order valence-corrected chi connectivity index (χ0v) is 11.0. The average Bonchev–Trinajstić information content (AvgIpc) is 2.67. The van der Waals surface area contributed by atoms with E-state index in [4.69, 9.17) is 16.3 Å². The Bertz CT molecular complexity index is 480. The number of amides is 1. The lowest BCUT2D eigenvalue weighted by atomic mass is 10.2. The Kier molecular flexibility index (Phi) is 2.99. The van der Waals surface area contributed by atoms with Gasteiger partial charge in [-0.1, -0.05) is 11.6 Å². The van der Waals surface area contributed by atoms with Crippen molar-refractivity contribution in [3.05, 3.63) is 28.5 Å². The van der Waals surface area contributed by atoms with E-state index in [9.17, 15) is 4.79 Å². The van der Waals surface area contributed by atoms with Gasteiger partial charge in [0, 0.05) is 25.0 Å². The summed E-state index contributed by atoms with van der Waals surface area (Å²) in [6.45, 7) is 3.19. The number of aryl methyl sites for hydroxylation is 1. The number of carbonyl (C=O) groups is 1. The van der Waals surface area contributed by atoms with Crippen LogP contribution in [-0.4, -0.2) is 41.1 Å². The minimum atomic E-state index is -0.0345. The van der Waals surface area contributed by atoms with E-state index in [2.05, 4.69) is 4.98 Å². The predicted octanol–water partition coefficient (Wildman–Crippen LogP) is 2.05. The van der Waals surface area contributed by atoms with Crippen LogP contribution in [0.1, 0.15) is 28.9 Å². The third-order valence-electron chi connectivity index (χ3n) is 3.55. The number of ether oxygens (including phenoxy) is 1. The van der Waals surface area contributed by atoms with Gasteiger partial charge in [-0.05, 0) is 25.8 Å².